The summed E-state index contributed by atoms with van der Waals surface area (Å²) in [5, 5.41) is 8.25. The first-order valence-corrected chi connectivity index (χ1v) is 11.2. The molecule has 3 rings (SSSR count). The summed E-state index contributed by atoms with van der Waals surface area (Å²) in [6.45, 7) is 17.2. The molecule has 7 heteroatoms. The minimum atomic E-state index is 0.0891. The minimum absolute atomic E-state index is 0.0891. The number of hydrogen-bond donors (Lipinski definition) is 2. The Kier molecular flexibility index (Phi) is 7.25. The van der Waals surface area contributed by atoms with E-state index in [2.05, 4.69) is 54.2 Å². The number of nitrogens with zero attached hydrogens (tertiary/aromatic N) is 2. The fourth-order valence-electron chi connectivity index (χ4n) is 4.79. The molecule has 0 aliphatic carbocycles. The highest BCUT2D eigenvalue weighted by Gasteiger charge is 2.38. The van der Waals surface area contributed by atoms with Crippen molar-refractivity contribution in [2.45, 2.75) is 71.1 Å². The zero-order valence-corrected chi connectivity index (χ0v) is 19.5. The lowest BCUT2D eigenvalue weighted by Crippen LogP contribution is -2.63. The molecule has 1 aromatic rings. The number of hydrogen-bond acceptors (Lipinski definition) is 5. The van der Waals surface area contributed by atoms with Gasteiger partial charge in [-0.3, -0.25) is 4.90 Å². The Morgan fingerprint density at radius 3 is 2.45 bits per heavy atom. The van der Waals surface area contributed by atoms with Crippen molar-refractivity contribution in [3.8, 4) is 0 Å². The van der Waals surface area contributed by atoms with Crippen LogP contribution in [-0.4, -0.2) is 71.4 Å². The van der Waals surface area contributed by atoms with E-state index in [1.54, 1.807) is 0 Å². The third-order valence-electron chi connectivity index (χ3n) is 5.74. The van der Waals surface area contributed by atoms with Gasteiger partial charge >= 0.3 is 0 Å². The molecule has 1 aromatic heterocycles. The molecular formula is C22H38N4O2S. The Labute approximate surface area is 181 Å². The predicted octanol–water partition coefficient (Wildman–Crippen LogP) is 2.91. The summed E-state index contributed by atoms with van der Waals surface area (Å²) in [7, 11) is 0. The molecule has 2 fully saturated rings. The third kappa shape index (κ3) is 6.95. The molecule has 0 amide bonds. The van der Waals surface area contributed by atoms with Gasteiger partial charge in [-0.2, -0.15) is 0 Å². The number of morpholine rings is 1. The Balaban J connectivity index is 1.64. The van der Waals surface area contributed by atoms with Crippen molar-refractivity contribution in [2.24, 2.45) is 0 Å². The minimum Gasteiger partial charge on any atom is -0.464 e. The topological polar surface area (TPSA) is 52.9 Å². The average molecular weight is 423 g/mol. The van der Waals surface area contributed by atoms with Gasteiger partial charge in [0.2, 0.25) is 0 Å². The quantitative estimate of drug-likeness (QED) is 0.684. The van der Waals surface area contributed by atoms with Crippen molar-refractivity contribution in [1.82, 2.24) is 20.4 Å². The van der Waals surface area contributed by atoms with Crippen LogP contribution in [0.4, 0.5) is 0 Å². The fraction of sp³-hybridized carbons (Fsp3) is 0.773. The van der Waals surface area contributed by atoms with Crippen molar-refractivity contribution >= 4 is 17.3 Å². The smallest absolute Gasteiger partial charge is 0.169 e. The van der Waals surface area contributed by atoms with Crippen molar-refractivity contribution in [1.29, 1.82) is 0 Å². The monoisotopic (exact) mass is 422 g/mol. The maximum Gasteiger partial charge on any atom is 0.169 e. The van der Waals surface area contributed by atoms with Gasteiger partial charge in [-0.15, -0.1) is 0 Å². The Bertz CT molecular complexity index is 666. The van der Waals surface area contributed by atoms with Crippen LogP contribution in [-0.2, 0) is 11.3 Å². The van der Waals surface area contributed by atoms with Crippen LogP contribution in [0.5, 0.6) is 0 Å². The van der Waals surface area contributed by atoms with Crippen molar-refractivity contribution in [3.05, 3.63) is 23.7 Å². The van der Waals surface area contributed by atoms with Crippen LogP contribution in [0.25, 0.3) is 0 Å². The van der Waals surface area contributed by atoms with Gasteiger partial charge in [0, 0.05) is 43.3 Å². The van der Waals surface area contributed by atoms with E-state index < -0.39 is 0 Å². The maximum absolute atomic E-state index is 5.89. The number of rotatable bonds is 6. The van der Waals surface area contributed by atoms with Gasteiger partial charge in [0.25, 0.3) is 0 Å². The summed E-state index contributed by atoms with van der Waals surface area (Å²) in [5.41, 5.74) is 0.178. The van der Waals surface area contributed by atoms with Gasteiger partial charge in [-0.25, -0.2) is 0 Å². The lowest BCUT2D eigenvalue weighted by atomic mass is 9.80. The summed E-state index contributed by atoms with van der Waals surface area (Å²) in [5.74, 6) is 1.90. The summed E-state index contributed by atoms with van der Waals surface area (Å²) < 4.78 is 11.3. The largest absolute Gasteiger partial charge is 0.464 e. The first kappa shape index (κ1) is 22.5. The Morgan fingerprint density at radius 2 is 1.86 bits per heavy atom. The van der Waals surface area contributed by atoms with Gasteiger partial charge in [-0.05, 0) is 71.8 Å². The Morgan fingerprint density at radius 1 is 1.21 bits per heavy atom. The molecule has 3 heterocycles. The molecule has 164 valence electrons. The highest BCUT2D eigenvalue weighted by molar-refractivity contribution is 7.80. The molecule has 0 atom stereocenters. The zero-order chi connectivity index (χ0) is 21.1. The van der Waals surface area contributed by atoms with Crippen LogP contribution in [0.2, 0.25) is 0 Å². The molecule has 29 heavy (non-hydrogen) atoms. The number of piperidine rings is 1. The fourth-order valence-corrected chi connectivity index (χ4v) is 5.11. The molecule has 2 aliphatic rings. The zero-order valence-electron chi connectivity index (χ0n) is 18.7. The molecule has 0 aromatic carbocycles. The van der Waals surface area contributed by atoms with Crippen LogP contribution < -0.4 is 10.6 Å². The van der Waals surface area contributed by atoms with Gasteiger partial charge in [0.05, 0.1) is 19.8 Å². The van der Waals surface area contributed by atoms with E-state index in [1.165, 1.54) is 0 Å². The van der Waals surface area contributed by atoms with Crippen molar-refractivity contribution in [3.63, 3.8) is 0 Å². The van der Waals surface area contributed by atoms with E-state index in [0.29, 0.717) is 12.6 Å². The molecule has 0 unspecified atom stereocenters. The lowest BCUT2D eigenvalue weighted by molar-refractivity contribution is 0.0355. The second kappa shape index (κ2) is 9.33. The van der Waals surface area contributed by atoms with Crippen molar-refractivity contribution in [2.75, 3.05) is 39.4 Å². The first-order valence-electron chi connectivity index (χ1n) is 10.8. The predicted molar refractivity (Wildman–Crippen MR) is 121 cm³/mol. The standard InChI is InChI=1S/C22H38N4O2S/c1-17-6-7-19(28-17)16-26(9-8-25-10-12-27-13-11-25)20(29)23-18-14-21(2,3)24-22(4,5)15-18/h6-7,18,24H,8-16H2,1-5H3,(H,23,29). The summed E-state index contributed by atoms with van der Waals surface area (Å²) in [6, 6.07) is 4.43. The molecular weight excluding hydrogens is 384 g/mol. The van der Waals surface area contributed by atoms with E-state index >= 15 is 0 Å². The highest BCUT2D eigenvalue weighted by Crippen LogP contribution is 2.28. The van der Waals surface area contributed by atoms with E-state index in [4.69, 9.17) is 21.4 Å². The third-order valence-corrected chi connectivity index (χ3v) is 6.11. The normalized spacial score (nSPS) is 22.4. The van der Waals surface area contributed by atoms with Crippen molar-refractivity contribution < 1.29 is 9.15 Å². The van der Waals surface area contributed by atoms with E-state index in [0.717, 1.165) is 68.9 Å². The summed E-state index contributed by atoms with van der Waals surface area (Å²) in [4.78, 5) is 4.70. The molecule has 6 nitrogen and oxygen atoms in total. The van der Waals surface area contributed by atoms with E-state index in [1.807, 2.05) is 13.0 Å². The number of ether oxygens (including phenoxy) is 1. The molecule has 2 N–H and O–H groups in total. The second-order valence-corrected chi connectivity index (χ2v) is 10.2. The first-order chi connectivity index (χ1) is 13.6. The van der Waals surface area contributed by atoms with Gasteiger partial charge in [0.15, 0.2) is 5.11 Å². The molecule has 0 radical (unpaired) electrons. The molecule has 0 bridgehead atoms. The maximum atomic E-state index is 5.89. The molecule has 0 spiro atoms. The van der Waals surface area contributed by atoms with E-state index in [9.17, 15) is 0 Å². The van der Waals surface area contributed by atoms with Crippen LogP contribution in [0.1, 0.15) is 52.1 Å². The number of furan rings is 1. The number of thiocarbonyl (C=S) groups is 1. The molecule has 0 saturated carbocycles. The molecule has 2 saturated heterocycles. The second-order valence-electron chi connectivity index (χ2n) is 9.84. The van der Waals surface area contributed by atoms with Crippen LogP contribution in [0.3, 0.4) is 0 Å². The molecule has 2 aliphatic heterocycles. The summed E-state index contributed by atoms with van der Waals surface area (Å²) in [6.07, 6.45) is 2.10. The Hall–Kier alpha value is -1.15. The van der Waals surface area contributed by atoms with Gasteiger partial charge < -0.3 is 24.7 Å². The number of aryl methyl sites for hydroxylation is 1. The average Bonchev–Trinajstić information content (AvgIpc) is 3.01. The summed E-state index contributed by atoms with van der Waals surface area (Å²) >= 11 is 5.89. The van der Waals surface area contributed by atoms with Crippen LogP contribution in [0.15, 0.2) is 16.5 Å². The highest BCUT2D eigenvalue weighted by atomic mass is 32.1. The van der Waals surface area contributed by atoms with Gasteiger partial charge in [0.1, 0.15) is 11.5 Å². The number of nitrogens with one attached hydrogen (secondary N) is 2. The van der Waals surface area contributed by atoms with E-state index in [-0.39, 0.29) is 11.1 Å². The lowest BCUT2D eigenvalue weighted by Gasteiger charge is -2.47. The van der Waals surface area contributed by atoms with Gasteiger partial charge in [-0.1, -0.05) is 0 Å². The van der Waals surface area contributed by atoms with Crippen LogP contribution >= 0.6 is 12.2 Å². The SMILES string of the molecule is Cc1ccc(CN(CCN2CCOCC2)C(=S)NC2CC(C)(C)NC(C)(C)C2)o1. The van der Waals surface area contributed by atoms with Crippen LogP contribution in [0, 0.1) is 6.92 Å².